The zero-order valence-electron chi connectivity index (χ0n) is 25.0. The Kier molecular flexibility index (Phi) is 8.20. The zero-order chi connectivity index (χ0) is 29.9. The van der Waals surface area contributed by atoms with Gasteiger partial charge in [-0.05, 0) is 68.3 Å². The first kappa shape index (κ1) is 29.1. The standard InChI is InChI=1S/C33H38N4O5/c1-21-36-37-30(40-21)29-9-7-8-24(34-29)20-39-25-14-10-22(11-15-25)33(5,6)23-12-16-26(17-13-23)41-27-18-28(19-27)42-31(38)35-32(2,3)4/h7-17,27-28H,18-20H2,1-6H3,(H,35,38). The Morgan fingerprint density at radius 3 is 2.12 bits per heavy atom. The van der Waals surface area contributed by atoms with Gasteiger partial charge < -0.3 is 23.9 Å². The third kappa shape index (κ3) is 7.26. The highest BCUT2D eigenvalue weighted by atomic mass is 16.6. The summed E-state index contributed by atoms with van der Waals surface area (Å²) in [6, 6.07) is 22.0. The molecule has 9 heteroatoms. The van der Waals surface area contributed by atoms with Crippen molar-refractivity contribution in [2.45, 2.75) is 84.2 Å². The molecule has 2 aromatic carbocycles. The van der Waals surface area contributed by atoms with E-state index in [0.29, 0.717) is 36.9 Å². The van der Waals surface area contributed by atoms with Gasteiger partial charge in [-0.2, -0.15) is 0 Å². The van der Waals surface area contributed by atoms with Crippen LogP contribution in [0.3, 0.4) is 0 Å². The lowest BCUT2D eigenvalue weighted by atomic mass is 9.78. The van der Waals surface area contributed by atoms with Crippen LogP contribution in [0.5, 0.6) is 11.5 Å². The van der Waals surface area contributed by atoms with Gasteiger partial charge in [-0.25, -0.2) is 9.78 Å². The van der Waals surface area contributed by atoms with Crippen molar-refractivity contribution in [1.29, 1.82) is 0 Å². The number of benzene rings is 2. The predicted octanol–water partition coefficient (Wildman–Crippen LogP) is 6.78. The molecular weight excluding hydrogens is 532 g/mol. The van der Waals surface area contributed by atoms with Gasteiger partial charge in [-0.1, -0.05) is 44.2 Å². The number of hydrogen-bond acceptors (Lipinski definition) is 8. The Balaban J connectivity index is 1.12. The van der Waals surface area contributed by atoms with Gasteiger partial charge in [0.2, 0.25) is 5.89 Å². The molecule has 0 aliphatic heterocycles. The Labute approximate surface area is 246 Å². The molecule has 5 rings (SSSR count). The van der Waals surface area contributed by atoms with Gasteiger partial charge in [-0.15, -0.1) is 10.2 Å². The maximum absolute atomic E-state index is 12.0. The van der Waals surface area contributed by atoms with Crippen LogP contribution in [0.1, 0.15) is 70.2 Å². The predicted molar refractivity (Wildman–Crippen MR) is 158 cm³/mol. The summed E-state index contributed by atoms with van der Waals surface area (Å²) in [6.45, 7) is 12.2. The normalized spacial score (nSPS) is 16.8. The maximum Gasteiger partial charge on any atom is 0.407 e. The second kappa shape index (κ2) is 11.8. The van der Waals surface area contributed by atoms with Crippen molar-refractivity contribution in [1.82, 2.24) is 20.5 Å². The average molecular weight is 571 g/mol. The Bertz CT molecular complexity index is 1500. The van der Waals surface area contributed by atoms with Crippen LogP contribution in [0.25, 0.3) is 11.6 Å². The van der Waals surface area contributed by atoms with Gasteiger partial charge in [0, 0.05) is 30.7 Å². The number of amides is 1. The lowest BCUT2D eigenvalue weighted by molar-refractivity contribution is -0.0243. The van der Waals surface area contributed by atoms with Crippen LogP contribution in [0.2, 0.25) is 0 Å². The van der Waals surface area contributed by atoms with E-state index in [4.69, 9.17) is 18.6 Å². The summed E-state index contributed by atoms with van der Waals surface area (Å²) in [7, 11) is 0. The van der Waals surface area contributed by atoms with Crippen LogP contribution in [-0.4, -0.2) is 39.0 Å². The minimum atomic E-state index is -0.379. The van der Waals surface area contributed by atoms with Gasteiger partial charge in [0.1, 0.15) is 36.0 Å². The Hall–Kier alpha value is -4.40. The van der Waals surface area contributed by atoms with Gasteiger partial charge in [-0.3, -0.25) is 0 Å². The molecule has 9 nitrogen and oxygen atoms in total. The summed E-state index contributed by atoms with van der Waals surface area (Å²) in [5.41, 5.74) is 3.20. The third-order valence-electron chi connectivity index (χ3n) is 7.20. The highest BCUT2D eigenvalue weighted by molar-refractivity contribution is 5.68. The molecule has 0 spiro atoms. The maximum atomic E-state index is 12.0. The number of aryl methyl sites for hydroxylation is 1. The van der Waals surface area contributed by atoms with Crippen LogP contribution >= 0.6 is 0 Å². The van der Waals surface area contributed by atoms with Crippen molar-refractivity contribution in [3.8, 4) is 23.1 Å². The van der Waals surface area contributed by atoms with Gasteiger partial charge >= 0.3 is 6.09 Å². The average Bonchev–Trinajstić information content (AvgIpc) is 3.37. The van der Waals surface area contributed by atoms with Crippen LogP contribution in [-0.2, 0) is 16.8 Å². The van der Waals surface area contributed by atoms with Crippen molar-refractivity contribution in [2.75, 3.05) is 0 Å². The molecule has 1 amide bonds. The van der Waals surface area contributed by atoms with Crippen molar-refractivity contribution in [2.24, 2.45) is 0 Å². The number of hydrogen-bond donors (Lipinski definition) is 1. The van der Waals surface area contributed by atoms with E-state index in [1.54, 1.807) is 6.92 Å². The lowest BCUT2D eigenvalue weighted by Gasteiger charge is -2.35. The number of ether oxygens (including phenoxy) is 3. The van der Waals surface area contributed by atoms with Gasteiger partial charge in [0.05, 0.1) is 5.69 Å². The molecule has 1 saturated carbocycles. The smallest absolute Gasteiger partial charge is 0.407 e. The molecule has 42 heavy (non-hydrogen) atoms. The first-order valence-corrected chi connectivity index (χ1v) is 14.2. The molecule has 0 radical (unpaired) electrons. The Morgan fingerprint density at radius 2 is 1.52 bits per heavy atom. The summed E-state index contributed by atoms with van der Waals surface area (Å²) in [5, 5.41) is 10.7. The van der Waals surface area contributed by atoms with Gasteiger partial charge in [0.15, 0.2) is 0 Å². The summed E-state index contributed by atoms with van der Waals surface area (Å²) >= 11 is 0. The molecule has 0 unspecified atom stereocenters. The minimum absolute atomic E-state index is 0.0459. The van der Waals surface area contributed by atoms with E-state index < -0.39 is 0 Å². The summed E-state index contributed by atoms with van der Waals surface area (Å²) < 4.78 is 23.0. The summed E-state index contributed by atoms with van der Waals surface area (Å²) in [4.78, 5) is 16.5. The minimum Gasteiger partial charge on any atom is -0.490 e. The molecule has 2 aromatic heterocycles. The SMILES string of the molecule is Cc1nnc(-c2cccc(COc3ccc(C(C)(C)c4ccc(OC5CC(OC(=O)NC(C)(C)C)C5)cc4)cc3)n2)o1. The number of aromatic nitrogens is 3. The van der Waals surface area contributed by atoms with Gasteiger partial charge in [0.25, 0.3) is 5.89 Å². The fourth-order valence-corrected chi connectivity index (χ4v) is 4.71. The number of carbonyl (C=O) groups is 1. The first-order chi connectivity index (χ1) is 19.9. The highest BCUT2D eigenvalue weighted by Crippen LogP contribution is 2.35. The van der Waals surface area contributed by atoms with Crippen LogP contribution < -0.4 is 14.8 Å². The second-order valence-corrected chi connectivity index (χ2v) is 12.2. The first-order valence-electron chi connectivity index (χ1n) is 14.2. The van der Waals surface area contributed by atoms with E-state index in [1.807, 2.05) is 63.2 Å². The number of alkyl carbamates (subject to hydrolysis) is 1. The number of carbonyl (C=O) groups excluding carboxylic acids is 1. The van der Waals surface area contributed by atoms with Crippen molar-refractivity contribution >= 4 is 6.09 Å². The molecule has 1 N–H and O–H groups in total. The largest absolute Gasteiger partial charge is 0.490 e. The lowest BCUT2D eigenvalue weighted by Crippen LogP contribution is -2.46. The third-order valence-corrected chi connectivity index (χ3v) is 7.20. The number of nitrogens with one attached hydrogen (secondary N) is 1. The highest BCUT2D eigenvalue weighted by Gasteiger charge is 2.34. The number of nitrogens with zero attached hydrogens (tertiary/aromatic N) is 3. The van der Waals surface area contributed by atoms with Crippen LogP contribution in [0.15, 0.2) is 71.1 Å². The zero-order valence-corrected chi connectivity index (χ0v) is 25.0. The van der Waals surface area contributed by atoms with E-state index in [0.717, 1.165) is 17.2 Å². The second-order valence-electron chi connectivity index (χ2n) is 12.2. The summed E-state index contributed by atoms with van der Waals surface area (Å²) in [6.07, 6.45) is 0.947. The van der Waals surface area contributed by atoms with E-state index >= 15 is 0 Å². The fraction of sp³-hybridized carbons (Fsp3) is 0.394. The molecule has 4 aromatic rings. The number of pyridine rings is 1. The van der Waals surface area contributed by atoms with E-state index in [-0.39, 0.29) is 29.3 Å². The molecule has 1 fully saturated rings. The quantitative estimate of drug-likeness (QED) is 0.235. The van der Waals surface area contributed by atoms with Crippen LogP contribution in [0, 0.1) is 6.92 Å². The van der Waals surface area contributed by atoms with E-state index in [2.05, 4.69) is 58.6 Å². The van der Waals surface area contributed by atoms with E-state index in [9.17, 15) is 4.79 Å². The monoisotopic (exact) mass is 570 g/mol. The number of rotatable bonds is 9. The Morgan fingerprint density at radius 1 is 0.881 bits per heavy atom. The molecule has 0 atom stereocenters. The van der Waals surface area contributed by atoms with Crippen LogP contribution in [0.4, 0.5) is 4.79 Å². The van der Waals surface area contributed by atoms with Crippen molar-refractivity contribution in [3.63, 3.8) is 0 Å². The topological polar surface area (TPSA) is 109 Å². The van der Waals surface area contributed by atoms with Crippen molar-refractivity contribution in [3.05, 3.63) is 89.4 Å². The molecule has 2 heterocycles. The molecule has 0 saturated heterocycles. The van der Waals surface area contributed by atoms with E-state index in [1.165, 1.54) is 11.1 Å². The molecule has 220 valence electrons. The molecule has 1 aliphatic rings. The molecule has 1 aliphatic carbocycles. The molecular formula is C33H38N4O5. The van der Waals surface area contributed by atoms with Crippen molar-refractivity contribution < 1.29 is 23.4 Å². The fourth-order valence-electron chi connectivity index (χ4n) is 4.71. The molecule has 0 bridgehead atoms. The summed E-state index contributed by atoms with van der Waals surface area (Å²) in [5.74, 6) is 2.47.